The van der Waals surface area contributed by atoms with Crippen LogP contribution in [0.1, 0.15) is 0 Å². The number of H-pyrrole nitrogens is 1. The van der Waals surface area contributed by atoms with Crippen molar-refractivity contribution in [1.82, 2.24) is 9.97 Å². The van der Waals surface area contributed by atoms with Gasteiger partial charge in [0.1, 0.15) is 0 Å². The van der Waals surface area contributed by atoms with E-state index in [0.29, 0.717) is 22.3 Å². The highest BCUT2D eigenvalue weighted by Gasteiger charge is 2.07. The molecule has 0 amide bonds. The lowest BCUT2D eigenvalue weighted by molar-refractivity contribution is 0.105. The Kier molecular flexibility index (Phi) is 3.45. The van der Waals surface area contributed by atoms with Crippen molar-refractivity contribution < 1.29 is 10.2 Å². The smallest absolute Gasteiger partial charge is 0.258 e. The highest BCUT2D eigenvalue weighted by molar-refractivity contribution is 5.88. The standard InChI is InChI=1S/C11H14N4O3/c12-8-1-7-9(14-5-15-11(7)18)2-10(8)13-3-6(17)4-16/h1-2,5-6,13,16-17H,3-4,12H2,(H,14,15,18). The van der Waals surface area contributed by atoms with Crippen LogP contribution in [0, 0.1) is 0 Å². The molecule has 1 heterocycles. The number of nitrogens with zero attached hydrogens (tertiary/aromatic N) is 1. The van der Waals surface area contributed by atoms with Gasteiger partial charge in [0.25, 0.3) is 5.56 Å². The number of nitrogens with one attached hydrogen (secondary N) is 2. The zero-order chi connectivity index (χ0) is 13.1. The molecule has 0 saturated carbocycles. The Morgan fingerprint density at radius 1 is 1.50 bits per heavy atom. The van der Waals surface area contributed by atoms with Crippen LogP contribution in [-0.2, 0) is 0 Å². The van der Waals surface area contributed by atoms with E-state index in [1.807, 2.05) is 0 Å². The first-order chi connectivity index (χ1) is 8.61. The van der Waals surface area contributed by atoms with Gasteiger partial charge >= 0.3 is 0 Å². The molecule has 0 aliphatic carbocycles. The summed E-state index contributed by atoms with van der Waals surface area (Å²) in [7, 11) is 0. The predicted octanol–water partition coefficient (Wildman–Crippen LogP) is -0.730. The molecule has 0 fully saturated rings. The molecular formula is C11H14N4O3. The van der Waals surface area contributed by atoms with Gasteiger partial charge in [-0.3, -0.25) is 4.79 Å². The maximum atomic E-state index is 11.5. The van der Waals surface area contributed by atoms with E-state index in [1.54, 1.807) is 6.07 Å². The molecule has 18 heavy (non-hydrogen) atoms. The van der Waals surface area contributed by atoms with Gasteiger partial charge in [-0.15, -0.1) is 0 Å². The number of nitrogen functional groups attached to an aromatic ring is 1. The SMILES string of the molecule is Nc1cc2c(=O)[nH]cnc2cc1NCC(O)CO. The Morgan fingerprint density at radius 3 is 3.00 bits per heavy atom. The summed E-state index contributed by atoms with van der Waals surface area (Å²) in [5.41, 5.74) is 6.99. The van der Waals surface area contributed by atoms with Crippen molar-refractivity contribution in [3.8, 4) is 0 Å². The molecule has 0 bridgehead atoms. The van der Waals surface area contributed by atoms with Crippen LogP contribution >= 0.6 is 0 Å². The second-order valence-corrected chi connectivity index (χ2v) is 3.91. The van der Waals surface area contributed by atoms with Crippen LogP contribution in [0.3, 0.4) is 0 Å². The second-order valence-electron chi connectivity index (χ2n) is 3.91. The van der Waals surface area contributed by atoms with Gasteiger partial charge in [-0.1, -0.05) is 0 Å². The number of nitrogens with two attached hydrogens (primary N) is 1. The van der Waals surface area contributed by atoms with Crippen molar-refractivity contribution in [1.29, 1.82) is 0 Å². The quantitative estimate of drug-likeness (QED) is 0.456. The van der Waals surface area contributed by atoms with Gasteiger partial charge < -0.3 is 26.2 Å². The fraction of sp³-hybridized carbons (Fsp3) is 0.273. The van der Waals surface area contributed by atoms with Gasteiger partial charge in [0, 0.05) is 6.54 Å². The highest BCUT2D eigenvalue weighted by atomic mass is 16.3. The van der Waals surface area contributed by atoms with Gasteiger partial charge in [-0.2, -0.15) is 0 Å². The van der Waals surface area contributed by atoms with E-state index in [2.05, 4.69) is 15.3 Å². The summed E-state index contributed by atoms with van der Waals surface area (Å²) in [4.78, 5) is 18.0. The molecule has 0 saturated heterocycles. The van der Waals surface area contributed by atoms with Crippen LogP contribution in [-0.4, -0.2) is 39.4 Å². The van der Waals surface area contributed by atoms with E-state index in [0.717, 1.165) is 0 Å². The van der Waals surface area contributed by atoms with Crippen molar-refractivity contribution in [3.63, 3.8) is 0 Å². The van der Waals surface area contributed by atoms with Crippen LogP contribution in [0.4, 0.5) is 11.4 Å². The zero-order valence-corrected chi connectivity index (χ0v) is 9.55. The summed E-state index contributed by atoms with van der Waals surface area (Å²) in [6, 6.07) is 3.15. The van der Waals surface area contributed by atoms with Crippen molar-refractivity contribution in [2.24, 2.45) is 0 Å². The van der Waals surface area contributed by atoms with E-state index in [9.17, 15) is 9.90 Å². The van der Waals surface area contributed by atoms with Crippen molar-refractivity contribution in [2.75, 3.05) is 24.2 Å². The van der Waals surface area contributed by atoms with Gasteiger partial charge in [-0.25, -0.2) is 4.98 Å². The normalized spacial score (nSPS) is 12.6. The molecule has 1 aromatic carbocycles. The average Bonchev–Trinajstić information content (AvgIpc) is 2.37. The third kappa shape index (κ3) is 2.41. The van der Waals surface area contributed by atoms with E-state index >= 15 is 0 Å². The molecule has 96 valence electrons. The Bertz CT molecular complexity index is 611. The fourth-order valence-corrected chi connectivity index (χ4v) is 1.58. The van der Waals surface area contributed by atoms with Crippen LogP contribution in [0.2, 0.25) is 0 Å². The number of rotatable bonds is 4. The third-order valence-corrected chi connectivity index (χ3v) is 2.55. The summed E-state index contributed by atoms with van der Waals surface area (Å²) in [5.74, 6) is 0. The van der Waals surface area contributed by atoms with Crippen LogP contribution in [0.5, 0.6) is 0 Å². The molecule has 1 atom stereocenters. The van der Waals surface area contributed by atoms with E-state index in [1.165, 1.54) is 12.4 Å². The zero-order valence-electron chi connectivity index (χ0n) is 9.55. The molecule has 1 unspecified atom stereocenters. The predicted molar refractivity (Wildman–Crippen MR) is 68.4 cm³/mol. The third-order valence-electron chi connectivity index (χ3n) is 2.55. The first kappa shape index (κ1) is 12.3. The van der Waals surface area contributed by atoms with Gasteiger partial charge in [0.05, 0.1) is 41.3 Å². The summed E-state index contributed by atoms with van der Waals surface area (Å²) in [5, 5.41) is 21.2. The summed E-state index contributed by atoms with van der Waals surface area (Å²) in [6.07, 6.45) is 0.444. The number of aliphatic hydroxyl groups excluding tert-OH is 2. The molecular weight excluding hydrogens is 236 g/mol. The first-order valence-electron chi connectivity index (χ1n) is 5.41. The lowest BCUT2D eigenvalue weighted by Crippen LogP contribution is -2.23. The van der Waals surface area contributed by atoms with E-state index in [4.69, 9.17) is 10.8 Å². The number of aliphatic hydroxyl groups is 2. The summed E-state index contributed by atoms with van der Waals surface area (Å²) in [6.45, 7) is -0.173. The fourth-order valence-electron chi connectivity index (χ4n) is 1.58. The van der Waals surface area contributed by atoms with Gasteiger partial charge in [0.2, 0.25) is 0 Å². The van der Waals surface area contributed by atoms with Gasteiger partial charge in [-0.05, 0) is 12.1 Å². The molecule has 0 spiro atoms. The van der Waals surface area contributed by atoms with Crippen molar-refractivity contribution in [3.05, 3.63) is 28.8 Å². The van der Waals surface area contributed by atoms with Gasteiger partial charge in [0.15, 0.2) is 0 Å². The minimum Gasteiger partial charge on any atom is -0.397 e. The molecule has 1 aromatic heterocycles. The van der Waals surface area contributed by atoms with Crippen LogP contribution < -0.4 is 16.6 Å². The second kappa shape index (κ2) is 5.03. The molecule has 0 aliphatic rings. The highest BCUT2D eigenvalue weighted by Crippen LogP contribution is 2.22. The molecule has 6 N–H and O–H groups in total. The maximum absolute atomic E-state index is 11.5. The van der Waals surface area contributed by atoms with E-state index in [-0.39, 0.29) is 18.7 Å². The number of aromatic amines is 1. The van der Waals surface area contributed by atoms with Crippen molar-refractivity contribution >= 4 is 22.3 Å². The number of hydrogen-bond donors (Lipinski definition) is 5. The largest absolute Gasteiger partial charge is 0.397 e. The first-order valence-corrected chi connectivity index (χ1v) is 5.41. The Labute approximate surface area is 102 Å². The molecule has 7 nitrogen and oxygen atoms in total. The minimum absolute atomic E-state index is 0.162. The number of aromatic nitrogens is 2. The Hall–Kier alpha value is -2.12. The van der Waals surface area contributed by atoms with E-state index < -0.39 is 6.10 Å². The lowest BCUT2D eigenvalue weighted by atomic mass is 10.2. The monoisotopic (exact) mass is 250 g/mol. The van der Waals surface area contributed by atoms with Crippen LogP contribution in [0.15, 0.2) is 23.3 Å². The minimum atomic E-state index is -0.868. The maximum Gasteiger partial charge on any atom is 0.258 e. The Morgan fingerprint density at radius 2 is 2.28 bits per heavy atom. The van der Waals surface area contributed by atoms with Crippen LogP contribution in [0.25, 0.3) is 10.9 Å². The number of fused-ring (bicyclic) bond motifs is 1. The van der Waals surface area contributed by atoms with Crippen molar-refractivity contribution in [2.45, 2.75) is 6.10 Å². The molecule has 0 radical (unpaired) electrons. The summed E-state index contributed by atoms with van der Waals surface area (Å²) < 4.78 is 0. The molecule has 2 rings (SSSR count). The molecule has 7 heteroatoms. The Balaban J connectivity index is 2.35. The number of anilines is 2. The lowest BCUT2D eigenvalue weighted by Gasteiger charge is -2.12. The molecule has 0 aliphatic heterocycles. The average molecular weight is 250 g/mol. The molecule has 2 aromatic rings. The number of hydrogen-bond acceptors (Lipinski definition) is 6. The number of benzene rings is 1. The topological polar surface area (TPSA) is 124 Å². The summed E-state index contributed by atoms with van der Waals surface area (Å²) >= 11 is 0.